The fourth-order valence-electron chi connectivity index (χ4n) is 5.17. The molecule has 2 aliphatic heterocycles. The van der Waals surface area contributed by atoms with Crippen LogP contribution in [0.15, 0.2) is 79.0 Å². The van der Waals surface area contributed by atoms with Crippen molar-refractivity contribution >= 4 is 40.9 Å². The molecule has 0 saturated heterocycles. The molecule has 3 heterocycles. The molecule has 226 valence electrons. The van der Waals surface area contributed by atoms with Gasteiger partial charge in [-0.3, -0.25) is 23.9 Å². The summed E-state index contributed by atoms with van der Waals surface area (Å²) in [7, 11) is 3.18. The number of hydrogen-bond acceptors (Lipinski definition) is 5. The predicted molar refractivity (Wildman–Crippen MR) is 168 cm³/mol. The van der Waals surface area contributed by atoms with Gasteiger partial charge < -0.3 is 21.3 Å². The van der Waals surface area contributed by atoms with E-state index in [0.29, 0.717) is 28.4 Å². The minimum Gasteiger partial charge on any atom is -0.357 e. The summed E-state index contributed by atoms with van der Waals surface area (Å²) in [6.07, 6.45) is 2.61. The van der Waals surface area contributed by atoms with Gasteiger partial charge in [0, 0.05) is 50.3 Å². The molecule has 2 aliphatic rings. The number of carbonyl (C=O) groups excluding carboxylic acids is 4. The van der Waals surface area contributed by atoms with E-state index in [2.05, 4.69) is 26.4 Å². The number of rotatable bonds is 3. The number of halogens is 1. The standard InChI is InChI=1S/C33H33ClN6O4/c1-35-31(42)27-17-21-6-10-25(11-7-21)37-32(43)28(39-33(44)29-14-15-36-40(29)2)19-24-18-23(9-12-26(24)34)22-5-3-4-20(16-22)8-13-30(41)38-27/h3-7,9-12,14-16,18,27-28H,8,13,17,19H2,1-2H3,(H,35,42)(H,37,43)(H,38,41)(H,39,44)/t27-,28-/m1/s1. The molecule has 6 bridgehead atoms. The van der Waals surface area contributed by atoms with E-state index in [1.807, 2.05) is 36.4 Å². The van der Waals surface area contributed by atoms with Crippen LogP contribution in [0.4, 0.5) is 5.69 Å². The summed E-state index contributed by atoms with van der Waals surface area (Å²) in [5, 5.41) is 15.7. The van der Waals surface area contributed by atoms with Crippen LogP contribution in [0.25, 0.3) is 11.1 Å². The topological polar surface area (TPSA) is 134 Å². The molecule has 44 heavy (non-hydrogen) atoms. The van der Waals surface area contributed by atoms with E-state index in [1.54, 1.807) is 43.4 Å². The monoisotopic (exact) mass is 612 g/mol. The summed E-state index contributed by atoms with van der Waals surface area (Å²) in [6.45, 7) is 0. The Morgan fingerprint density at radius 3 is 2.43 bits per heavy atom. The van der Waals surface area contributed by atoms with Gasteiger partial charge in [-0.15, -0.1) is 0 Å². The first kappa shape index (κ1) is 30.5. The highest BCUT2D eigenvalue weighted by Gasteiger charge is 2.25. The Labute approximate surface area is 260 Å². The molecular weight excluding hydrogens is 580 g/mol. The first-order valence-electron chi connectivity index (χ1n) is 14.3. The molecule has 4 aromatic rings. The number of carbonyl (C=O) groups is 4. The molecule has 1 aromatic heterocycles. The van der Waals surface area contributed by atoms with E-state index in [-0.39, 0.29) is 31.1 Å². The highest BCUT2D eigenvalue weighted by molar-refractivity contribution is 6.31. The summed E-state index contributed by atoms with van der Waals surface area (Å²) in [5.74, 6) is -1.40. The van der Waals surface area contributed by atoms with Gasteiger partial charge in [0.15, 0.2) is 0 Å². The maximum Gasteiger partial charge on any atom is 0.270 e. The lowest BCUT2D eigenvalue weighted by Crippen LogP contribution is -2.47. The molecule has 2 atom stereocenters. The number of fused-ring (bicyclic) bond motifs is 10. The molecule has 0 unspecified atom stereocenters. The lowest BCUT2D eigenvalue weighted by atomic mass is 9.96. The summed E-state index contributed by atoms with van der Waals surface area (Å²) < 4.78 is 1.44. The van der Waals surface area contributed by atoms with Crippen molar-refractivity contribution in [1.29, 1.82) is 0 Å². The Morgan fingerprint density at radius 1 is 0.932 bits per heavy atom. The van der Waals surface area contributed by atoms with Gasteiger partial charge in [0.1, 0.15) is 17.8 Å². The van der Waals surface area contributed by atoms with Gasteiger partial charge >= 0.3 is 0 Å². The predicted octanol–water partition coefficient (Wildman–Crippen LogP) is 3.44. The summed E-state index contributed by atoms with van der Waals surface area (Å²) in [4.78, 5) is 52.3. The molecule has 6 rings (SSSR count). The molecule has 10 nitrogen and oxygen atoms in total. The first-order chi connectivity index (χ1) is 21.2. The SMILES string of the molecule is CNC(=O)[C@H]1Cc2ccc(cc2)NC(=O)[C@H](NC(=O)c2ccnn2C)Cc2cc(ccc2Cl)-c2cccc(c2)CCC(=O)N1. The molecule has 4 N–H and O–H groups in total. The zero-order valence-corrected chi connectivity index (χ0v) is 25.1. The number of hydrogen-bond donors (Lipinski definition) is 4. The molecule has 0 fully saturated rings. The normalized spacial score (nSPS) is 17.2. The van der Waals surface area contributed by atoms with Crippen molar-refractivity contribution < 1.29 is 19.2 Å². The van der Waals surface area contributed by atoms with E-state index in [4.69, 9.17) is 11.6 Å². The zero-order valence-electron chi connectivity index (χ0n) is 24.4. The van der Waals surface area contributed by atoms with E-state index in [9.17, 15) is 19.2 Å². The van der Waals surface area contributed by atoms with Gasteiger partial charge in [-0.2, -0.15) is 5.10 Å². The second kappa shape index (κ2) is 13.6. The van der Waals surface area contributed by atoms with Crippen LogP contribution < -0.4 is 21.3 Å². The van der Waals surface area contributed by atoms with Crippen LogP contribution >= 0.6 is 11.6 Å². The minimum absolute atomic E-state index is 0.133. The lowest BCUT2D eigenvalue weighted by molar-refractivity contribution is -0.128. The molecule has 0 radical (unpaired) electrons. The summed E-state index contributed by atoms with van der Waals surface area (Å²) >= 11 is 6.62. The van der Waals surface area contributed by atoms with Crippen molar-refractivity contribution in [3.8, 4) is 11.1 Å². The quantitative estimate of drug-likeness (QED) is 0.281. The molecule has 0 aliphatic carbocycles. The molecule has 11 heteroatoms. The van der Waals surface area contributed by atoms with Crippen LogP contribution in [0.1, 0.15) is 33.6 Å². The Balaban J connectivity index is 1.52. The number of nitrogens with one attached hydrogen (secondary N) is 4. The zero-order chi connectivity index (χ0) is 31.2. The fourth-order valence-corrected chi connectivity index (χ4v) is 5.37. The third-order valence-corrected chi connectivity index (χ3v) is 7.97. The second-order valence-corrected chi connectivity index (χ2v) is 11.1. The summed E-state index contributed by atoms with van der Waals surface area (Å²) in [5.41, 5.74) is 5.04. The highest BCUT2D eigenvalue weighted by atomic mass is 35.5. The molecule has 3 aromatic carbocycles. The van der Waals surface area contributed by atoms with Crippen molar-refractivity contribution in [2.45, 2.75) is 37.8 Å². The average Bonchev–Trinajstić information content (AvgIpc) is 3.46. The lowest BCUT2D eigenvalue weighted by Gasteiger charge is -2.21. The fraction of sp³-hybridized carbons (Fsp3) is 0.242. The van der Waals surface area contributed by atoms with E-state index < -0.39 is 23.9 Å². The van der Waals surface area contributed by atoms with Crippen molar-refractivity contribution in [1.82, 2.24) is 25.7 Å². The van der Waals surface area contributed by atoms with Crippen LogP contribution in [0.3, 0.4) is 0 Å². The van der Waals surface area contributed by atoms with E-state index in [1.165, 1.54) is 17.9 Å². The Kier molecular flexibility index (Phi) is 9.40. The maximum atomic E-state index is 13.6. The molecule has 4 amide bonds. The third-order valence-electron chi connectivity index (χ3n) is 7.61. The van der Waals surface area contributed by atoms with Gasteiger partial charge in [-0.1, -0.05) is 54.1 Å². The van der Waals surface area contributed by atoms with E-state index in [0.717, 1.165) is 22.3 Å². The highest BCUT2D eigenvalue weighted by Crippen LogP contribution is 2.28. The second-order valence-electron chi connectivity index (χ2n) is 10.7. The number of aryl methyl sites for hydroxylation is 2. The number of likely N-dealkylation sites (N-methyl/N-ethyl adjacent to an activating group) is 1. The number of nitrogens with zero attached hydrogens (tertiary/aromatic N) is 2. The largest absolute Gasteiger partial charge is 0.357 e. The van der Waals surface area contributed by atoms with Gasteiger partial charge in [-0.25, -0.2) is 0 Å². The van der Waals surface area contributed by atoms with Crippen LogP contribution in [0, 0.1) is 0 Å². The number of amides is 4. The van der Waals surface area contributed by atoms with Crippen LogP contribution in [0.5, 0.6) is 0 Å². The van der Waals surface area contributed by atoms with Crippen LogP contribution in [-0.4, -0.2) is 52.5 Å². The molecule has 0 spiro atoms. The van der Waals surface area contributed by atoms with Crippen LogP contribution in [-0.2, 0) is 40.7 Å². The van der Waals surface area contributed by atoms with Crippen molar-refractivity contribution in [2.24, 2.45) is 7.05 Å². The minimum atomic E-state index is -0.963. The Bertz CT molecular complexity index is 1700. The Hall–Kier alpha value is -4.96. The first-order valence-corrected chi connectivity index (χ1v) is 14.7. The van der Waals surface area contributed by atoms with Gasteiger partial charge in [0.05, 0.1) is 0 Å². The van der Waals surface area contributed by atoms with Crippen molar-refractivity contribution in [3.63, 3.8) is 0 Å². The average molecular weight is 613 g/mol. The van der Waals surface area contributed by atoms with Gasteiger partial charge in [0.25, 0.3) is 5.91 Å². The molecule has 0 saturated carbocycles. The van der Waals surface area contributed by atoms with Gasteiger partial charge in [0.2, 0.25) is 17.7 Å². The summed E-state index contributed by atoms with van der Waals surface area (Å²) in [6, 6.07) is 20.3. The van der Waals surface area contributed by atoms with Crippen molar-refractivity contribution in [2.75, 3.05) is 12.4 Å². The Morgan fingerprint density at radius 2 is 1.70 bits per heavy atom. The van der Waals surface area contributed by atoms with Crippen molar-refractivity contribution in [3.05, 3.63) is 106 Å². The number of anilines is 1. The third kappa shape index (κ3) is 7.33. The molecular formula is C33H33ClN6O4. The van der Waals surface area contributed by atoms with Gasteiger partial charge in [-0.05, 0) is 64.6 Å². The smallest absolute Gasteiger partial charge is 0.270 e. The maximum absolute atomic E-state index is 13.6. The van der Waals surface area contributed by atoms with Crippen LogP contribution in [0.2, 0.25) is 5.02 Å². The number of benzene rings is 3. The van der Waals surface area contributed by atoms with E-state index >= 15 is 0 Å². The number of aromatic nitrogens is 2.